The van der Waals surface area contributed by atoms with Crippen molar-refractivity contribution in [1.82, 2.24) is 0 Å². The van der Waals surface area contributed by atoms with Crippen molar-refractivity contribution in [2.75, 3.05) is 18.0 Å². The van der Waals surface area contributed by atoms with Crippen LogP contribution < -0.4 is 4.90 Å². The van der Waals surface area contributed by atoms with Crippen LogP contribution in [0.4, 0.5) is 10.1 Å². The maximum atomic E-state index is 13.5. The van der Waals surface area contributed by atoms with E-state index in [2.05, 4.69) is 18.7 Å². The van der Waals surface area contributed by atoms with Crippen molar-refractivity contribution in [1.29, 1.82) is 5.26 Å². The normalized spacial score (nSPS) is 18.8. The molecule has 0 radical (unpaired) electrons. The van der Waals surface area contributed by atoms with Crippen LogP contribution in [0.1, 0.15) is 32.3 Å². The molecule has 2 nitrogen and oxygen atoms in total. The van der Waals surface area contributed by atoms with Gasteiger partial charge in [0.2, 0.25) is 0 Å². The van der Waals surface area contributed by atoms with Crippen molar-refractivity contribution in [3.63, 3.8) is 0 Å². The van der Waals surface area contributed by atoms with Crippen LogP contribution in [-0.2, 0) is 0 Å². The molecular weight excluding hydrogens is 215 g/mol. The third-order valence-electron chi connectivity index (χ3n) is 3.34. The van der Waals surface area contributed by atoms with Crippen molar-refractivity contribution >= 4 is 5.69 Å². The minimum Gasteiger partial charge on any atom is -0.370 e. The van der Waals surface area contributed by atoms with Crippen LogP contribution >= 0.6 is 0 Å². The van der Waals surface area contributed by atoms with E-state index in [1.54, 1.807) is 6.07 Å². The van der Waals surface area contributed by atoms with Gasteiger partial charge in [-0.3, -0.25) is 0 Å². The molecule has 0 N–H and O–H groups in total. The molecule has 3 heteroatoms. The fraction of sp³-hybridized carbons (Fsp3) is 0.500. The van der Waals surface area contributed by atoms with Gasteiger partial charge in [-0.15, -0.1) is 0 Å². The second kappa shape index (κ2) is 4.37. The number of rotatable bonds is 1. The number of piperidine rings is 1. The Morgan fingerprint density at radius 1 is 1.41 bits per heavy atom. The zero-order valence-corrected chi connectivity index (χ0v) is 10.3. The Morgan fingerprint density at radius 3 is 2.82 bits per heavy atom. The van der Waals surface area contributed by atoms with Gasteiger partial charge >= 0.3 is 0 Å². The molecule has 0 aromatic heterocycles. The van der Waals surface area contributed by atoms with Crippen molar-refractivity contribution in [2.45, 2.75) is 26.7 Å². The van der Waals surface area contributed by atoms with Gasteiger partial charge in [-0.2, -0.15) is 5.26 Å². The lowest BCUT2D eigenvalue weighted by atomic mass is 9.84. The molecule has 1 aromatic carbocycles. The van der Waals surface area contributed by atoms with Crippen LogP contribution in [0.3, 0.4) is 0 Å². The van der Waals surface area contributed by atoms with Gasteiger partial charge in [-0.25, -0.2) is 4.39 Å². The van der Waals surface area contributed by atoms with Crippen LogP contribution in [0.5, 0.6) is 0 Å². The number of anilines is 1. The van der Waals surface area contributed by atoms with E-state index in [0.29, 0.717) is 0 Å². The maximum absolute atomic E-state index is 13.5. The van der Waals surface area contributed by atoms with E-state index in [-0.39, 0.29) is 11.0 Å². The smallest absolute Gasteiger partial charge is 0.143 e. The van der Waals surface area contributed by atoms with E-state index < -0.39 is 5.82 Å². The quantitative estimate of drug-likeness (QED) is 0.742. The van der Waals surface area contributed by atoms with E-state index in [1.165, 1.54) is 12.5 Å². The standard InChI is InChI=1S/C14H17FN2/c1-14(2)7-4-8-17(10-14)13-6-3-5-12(15)11(13)9-16/h3,5-6H,4,7-8,10H2,1-2H3. The van der Waals surface area contributed by atoms with Gasteiger partial charge < -0.3 is 4.90 Å². The molecule has 0 spiro atoms. The van der Waals surface area contributed by atoms with Crippen LogP contribution in [0, 0.1) is 22.6 Å². The highest BCUT2D eigenvalue weighted by atomic mass is 19.1. The van der Waals surface area contributed by atoms with E-state index in [4.69, 9.17) is 5.26 Å². The second-order valence-electron chi connectivity index (χ2n) is 5.44. The molecule has 1 heterocycles. The summed E-state index contributed by atoms with van der Waals surface area (Å²) in [7, 11) is 0. The molecule has 17 heavy (non-hydrogen) atoms. The average molecular weight is 232 g/mol. The fourth-order valence-corrected chi connectivity index (χ4v) is 2.52. The van der Waals surface area contributed by atoms with Gasteiger partial charge in [0.1, 0.15) is 17.4 Å². The van der Waals surface area contributed by atoms with Gasteiger partial charge in [-0.05, 0) is 30.4 Å². The van der Waals surface area contributed by atoms with Crippen molar-refractivity contribution in [3.8, 4) is 6.07 Å². The zero-order chi connectivity index (χ0) is 12.5. The molecule has 1 aromatic rings. The van der Waals surface area contributed by atoms with Crippen molar-refractivity contribution in [2.24, 2.45) is 5.41 Å². The number of halogens is 1. The van der Waals surface area contributed by atoms with Crippen molar-refractivity contribution in [3.05, 3.63) is 29.6 Å². The van der Waals surface area contributed by atoms with Crippen molar-refractivity contribution < 1.29 is 4.39 Å². The minimum absolute atomic E-state index is 0.171. The van der Waals surface area contributed by atoms with E-state index >= 15 is 0 Å². The summed E-state index contributed by atoms with van der Waals surface area (Å²) in [4.78, 5) is 2.13. The molecule has 0 atom stereocenters. The lowest BCUT2D eigenvalue weighted by molar-refractivity contribution is 0.293. The Morgan fingerprint density at radius 2 is 2.18 bits per heavy atom. The predicted octanol–water partition coefficient (Wildman–Crippen LogP) is 3.32. The van der Waals surface area contributed by atoms with Crippen LogP contribution in [0.25, 0.3) is 0 Å². The Hall–Kier alpha value is -1.56. The summed E-state index contributed by atoms with van der Waals surface area (Å²) in [6.45, 7) is 6.21. The molecule has 0 aliphatic carbocycles. The third kappa shape index (κ3) is 2.41. The molecule has 1 aliphatic heterocycles. The first-order valence-corrected chi connectivity index (χ1v) is 5.97. The topological polar surface area (TPSA) is 27.0 Å². The fourth-order valence-electron chi connectivity index (χ4n) is 2.52. The highest BCUT2D eigenvalue weighted by Crippen LogP contribution is 2.33. The molecule has 0 bridgehead atoms. The second-order valence-corrected chi connectivity index (χ2v) is 5.44. The molecule has 1 aliphatic rings. The average Bonchev–Trinajstić information content (AvgIpc) is 2.27. The molecule has 0 saturated carbocycles. The highest BCUT2D eigenvalue weighted by Gasteiger charge is 2.28. The summed E-state index contributed by atoms with van der Waals surface area (Å²) >= 11 is 0. The number of hydrogen-bond acceptors (Lipinski definition) is 2. The summed E-state index contributed by atoms with van der Waals surface area (Å²) < 4.78 is 13.5. The Bertz CT molecular complexity index is 460. The van der Waals surface area contributed by atoms with Gasteiger partial charge in [0.25, 0.3) is 0 Å². The van der Waals surface area contributed by atoms with Crippen LogP contribution in [0.2, 0.25) is 0 Å². The van der Waals surface area contributed by atoms with Gasteiger partial charge in [0.15, 0.2) is 0 Å². The molecule has 0 amide bonds. The zero-order valence-electron chi connectivity index (χ0n) is 10.3. The summed E-state index contributed by atoms with van der Waals surface area (Å²) in [5.74, 6) is -0.423. The first-order valence-electron chi connectivity index (χ1n) is 5.97. The Kier molecular flexibility index (Phi) is 3.06. The van der Waals surface area contributed by atoms with Crippen LogP contribution in [0.15, 0.2) is 18.2 Å². The summed E-state index contributed by atoms with van der Waals surface area (Å²) in [6.07, 6.45) is 2.27. The minimum atomic E-state index is -0.423. The molecule has 2 rings (SSSR count). The summed E-state index contributed by atoms with van der Waals surface area (Å²) in [5.41, 5.74) is 1.14. The summed E-state index contributed by atoms with van der Waals surface area (Å²) in [6, 6.07) is 6.83. The number of benzene rings is 1. The van der Waals surface area contributed by atoms with Crippen LogP contribution in [-0.4, -0.2) is 13.1 Å². The number of nitrogens with zero attached hydrogens (tertiary/aromatic N) is 2. The highest BCUT2D eigenvalue weighted by molar-refractivity contribution is 5.60. The predicted molar refractivity (Wildman–Crippen MR) is 66.3 cm³/mol. The molecule has 90 valence electrons. The lowest BCUT2D eigenvalue weighted by Gasteiger charge is -2.39. The molecular formula is C14H17FN2. The van der Waals surface area contributed by atoms with E-state index in [9.17, 15) is 4.39 Å². The largest absolute Gasteiger partial charge is 0.370 e. The molecule has 0 unspecified atom stereocenters. The molecule has 1 saturated heterocycles. The number of hydrogen-bond donors (Lipinski definition) is 0. The van der Waals surface area contributed by atoms with E-state index in [0.717, 1.165) is 25.2 Å². The van der Waals surface area contributed by atoms with E-state index in [1.807, 2.05) is 12.1 Å². The van der Waals surface area contributed by atoms with Gasteiger partial charge in [-0.1, -0.05) is 19.9 Å². The number of nitriles is 1. The Balaban J connectivity index is 2.35. The first-order chi connectivity index (χ1) is 8.03. The Labute approximate surface area is 102 Å². The van der Waals surface area contributed by atoms with Gasteiger partial charge in [0, 0.05) is 13.1 Å². The molecule has 1 fully saturated rings. The summed E-state index contributed by atoms with van der Waals surface area (Å²) in [5, 5.41) is 9.04. The SMILES string of the molecule is CC1(C)CCCN(c2cccc(F)c2C#N)C1. The first kappa shape index (κ1) is 11.9. The van der Waals surface area contributed by atoms with Gasteiger partial charge in [0.05, 0.1) is 5.69 Å². The monoisotopic (exact) mass is 232 g/mol. The lowest BCUT2D eigenvalue weighted by Crippen LogP contribution is -2.40. The third-order valence-corrected chi connectivity index (χ3v) is 3.34. The maximum Gasteiger partial charge on any atom is 0.143 e.